The van der Waals surface area contributed by atoms with E-state index in [0.29, 0.717) is 12.2 Å². The largest absolute Gasteiger partial charge is 0.481 e. The number of Topliss-reactive ketones (excluding diaryl/α,β-unsaturated/α-hetero) is 1. The first-order chi connectivity index (χ1) is 35.7. The van der Waals surface area contributed by atoms with Gasteiger partial charge in [-0.2, -0.15) is 0 Å². The molecule has 1 N–H and O–H groups in total. The number of ketones is 1. The molecule has 0 aliphatic rings. The van der Waals surface area contributed by atoms with Gasteiger partial charge in [0.15, 0.2) is 0 Å². The molecule has 0 spiro atoms. The number of carboxylic acid groups (broad SMARTS) is 1. The highest BCUT2D eigenvalue weighted by atomic mass is 16.4. The maximum Gasteiger partial charge on any atom is 0.303 e. The fraction of sp³-hybridized carbons (Fsp3) is 0.971. The van der Waals surface area contributed by atoms with E-state index >= 15 is 0 Å². The van der Waals surface area contributed by atoms with Gasteiger partial charge in [-0.25, -0.2) is 0 Å². The molecule has 0 atom stereocenters. The van der Waals surface area contributed by atoms with Crippen molar-refractivity contribution in [3.8, 4) is 0 Å². The van der Waals surface area contributed by atoms with Crippen LogP contribution in [0.2, 0.25) is 0 Å². The average molecular weight is 1010 g/mol. The normalized spacial score (nSPS) is 11.6. The maximum absolute atomic E-state index is 12.3. The second-order valence-corrected chi connectivity index (χ2v) is 24.1. The number of hydrogen-bond acceptors (Lipinski definition) is 2. The molecule has 0 fully saturated rings. The smallest absolute Gasteiger partial charge is 0.303 e. The molecule has 0 unspecified atom stereocenters. The monoisotopic (exact) mass is 1010 g/mol. The number of aliphatic carboxylic acids is 1. The molecule has 430 valence electrons. The average Bonchev–Trinajstić information content (AvgIpc) is 3.38. The molecule has 0 saturated carbocycles. The number of carboxylic acids is 1. The Hall–Kier alpha value is -0.860. The number of hydrogen-bond donors (Lipinski definition) is 1. The van der Waals surface area contributed by atoms with Crippen molar-refractivity contribution in [1.82, 2.24) is 0 Å². The summed E-state index contributed by atoms with van der Waals surface area (Å²) in [6.45, 7) is 2.31. The molecule has 0 aliphatic heterocycles. The molecule has 3 heteroatoms. The van der Waals surface area contributed by atoms with Gasteiger partial charge in [0.05, 0.1) is 0 Å². The van der Waals surface area contributed by atoms with Crippen LogP contribution in [0.15, 0.2) is 0 Å². The van der Waals surface area contributed by atoms with E-state index in [-0.39, 0.29) is 0 Å². The fourth-order valence-corrected chi connectivity index (χ4v) is 11.5. The van der Waals surface area contributed by atoms with E-state index < -0.39 is 5.97 Å². The molecule has 0 bridgehead atoms. The van der Waals surface area contributed by atoms with Gasteiger partial charge in [-0.3, -0.25) is 9.59 Å². The third-order valence-corrected chi connectivity index (χ3v) is 16.7. The number of carbonyl (C=O) groups excluding carboxylic acids is 1. The van der Waals surface area contributed by atoms with Crippen LogP contribution in [0.1, 0.15) is 431 Å². The van der Waals surface area contributed by atoms with Crippen molar-refractivity contribution in [2.24, 2.45) is 0 Å². The lowest BCUT2D eigenvalue weighted by Gasteiger charge is -2.05. The molecule has 0 heterocycles. The Morgan fingerprint density at radius 1 is 0.181 bits per heavy atom. The summed E-state index contributed by atoms with van der Waals surface area (Å²) in [5.74, 6) is -0.152. The van der Waals surface area contributed by atoms with Crippen LogP contribution in [0, 0.1) is 0 Å². The van der Waals surface area contributed by atoms with Crippen LogP contribution >= 0.6 is 0 Å². The summed E-state index contributed by atoms with van der Waals surface area (Å²) in [7, 11) is 0. The Labute approximate surface area is 455 Å². The maximum atomic E-state index is 12.3. The highest BCUT2D eigenvalue weighted by Gasteiger charge is 2.04. The first-order valence-corrected chi connectivity index (χ1v) is 34.4. The Morgan fingerprint density at radius 2 is 0.292 bits per heavy atom. The Morgan fingerprint density at radius 3 is 0.417 bits per heavy atom. The van der Waals surface area contributed by atoms with Crippen molar-refractivity contribution in [1.29, 1.82) is 0 Å². The molecule has 0 aromatic carbocycles. The molecule has 0 aliphatic carbocycles. The lowest BCUT2D eigenvalue weighted by Crippen LogP contribution is -1.97. The Bertz CT molecular complexity index is 991. The van der Waals surface area contributed by atoms with Gasteiger partial charge in [-0.1, -0.05) is 392 Å². The van der Waals surface area contributed by atoms with E-state index in [0.717, 1.165) is 38.5 Å². The summed E-state index contributed by atoms with van der Waals surface area (Å²) in [6.07, 6.45) is 90.7. The van der Waals surface area contributed by atoms with E-state index in [4.69, 9.17) is 5.11 Å². The van der Waals surface area contributed by atoms with E-state index in [1.807, 2.05) is 0 Å². The van der Waals surface area contributed by atoms with E-state index in [9.17, 15) is 9.59 Å². The van der Waals surface area contributed by atoms with E-state index in [2.05, 4.69) is 6.92 Å². The lowest BCUT2D eigenvalue weighted by molar-refractivity contribution is -0.137. The number of carbonyl (C=O) groups is 2. The number of unbranched alkanes of at least 4 members (excludes halogenated alkanes) is 61. The zero-order valence-corrected chi connectivity index (χ0v) is 49.9. The molecule has 0 saturated heterocycles. The van der Waals surface area contributed by atoms with Crippen molar-refractivity contribution in [3.05, 3.63) is 0 Å². The summed E-state index contributed by atoms with van der Waals surface area (Å²) in [5, 5.41) is 8.68. The van der Waals surface area contributed by atoms with Crippen LogP contribution in [0.3, 0.4) is 0 Å². The highest BCUT2D eigenvalue weighted by Crippen LogP contribution is 2.20. The topological polar surface area (TPSA) is 54.4 Å². The minimum absolute atomic E-state index is 0.330. The first kappa shape index (κ1) is 71.1. The number of rotatable bonds is 67. The summed E-state index contributed by atoms with van der Waals surface area (Å²) in [6, 6.07) is 0. The van der Waals surface area contributed by atoms with Crippen molar-refractivity contribution < 1.29 is 14.7 Å². The van der Waals surface area contributed by atoms with Crippen molar-refractivity contribution in [2.75, 3.05) is 0 Å². The molecular formula is C69H136O3. The second-order valence-electron chi connectivity index (χ2n) is 24.1. The quantitative estimate of drug-likeness (QED) is 0.0618. The Kier molecular flexibility index (Phi) is 65.5. The zero-order chi connectivity index (χ0) is 51.8. The summed E-state index contributed by atoms with van der Waals surface area (Å²) >= 11 is 0. The van der Waals surface area contributed by atoms with Gasteiger partial charge < -0.3 is 5.11 Å². The van der Waals surface area contributed by atoms with Crippen molar-refractivity contribution >= 4 is 11.8 Å². The summed E-state index contributed by atoms with van der Waals surface area (Å²) in [5.41, 5.74) is 0. The molecule has 72 heavy (non-hydrogen) atoms. The van der Waals surface area contributed by atoms with Gasteiger partial charge in [-0.05, 0) is 19.3 Å². The molecule has 0 aromatic heterocycles. The molecular weight excluding hydrogens is 877 g/mol. The van der Waals surface area contributed by atoms with E-state index in [1.165, 1.54) is 379 Å². The summed E-state index contributed by atoms with van der Waals surface area (Å²) in [4.78, 5) is 22.8. The minimum Gasteiger partial charge on any atom is -0.481 e. The molecule has 0 radical (unpaired) electrons. The predicted molar refractivity (Wildman–Crippen MR) is 323 cm³/mol. The van der Waals surface area contributed by atoms with Crippen LogP contribution in [-0.2, 0) is 9.59 Å². The lowest BCUT2D eigenvalue weighted by atomic mass is 10.0. The summed E-state index contributed by atoms with van der Waals surface area (Å²) < 4.78 is 0. The van der Waals surface area contributed by atoms with E-state index in [1.54, 1.807) is 0 Å². The third-order valence-electron chi connectivity index (χ3n) is 16.7. The second kappa shape index (κ2) is 66.3. The molecule has 0 aromatic rings. The SMILES string of the molecule is CCCCCCCCCCCCCCCCCCCCCCCCCCCCCCCCCCCCCCCCCCCCCCCCCCCC(=O)CCCCCCCCCCCCCCCCC(=O)O. The minimum atomic E-state index is -0.660. The first-order valence-electron chi connectivity index (χ1n) is 34.4. The zero-order valence-electron chi connectivity index (χ0n) is 49.9. The molecule has 0 rings (SSSR count). The van der Waals surface area contributed by atoms with Crippen LogP contribution in [0.4, 0.5) is 0 Å². The third kappa shape index (κ3) is 67.2. The van der Waals surface area contributed by atoms with Gasteiger partial charge >= 0.3 is 5.97 Å². The Balaban J connectivity index is 3.12. The van der Waals surface area contributed by atoms with Crippen LogP contribution < -0.4 is 0 Å². The molecule has 3 nitrogen and oxygen atoms in total. The van der Waals surface area contributed by atoms with Crippen molar-refractivity contribution in [3.63, 3.8) is 0 Å². The van der Waals surface area contributed by atoms with Gasteiger partial charge in [0, 0.05) is 19.3 Å². The van der Waals surface area contributed by atoms with Gasteiger partial charge in [-0.15, -0.1) is 0 Å². The van der Waals surface area contributed by atoms with Crippen LogP contribution in [0.5, 0.6) is 0 Å². The van der Waals surface area contributed by atoms with Crippen LogP contribution in [0.25, 0.3) is 0 Å². The van der Waals surface area contributed by atoms with Gasteiger partial charge in [0.25, 0.3) is 0 Å². The highest BCUT2D eigenvalue weighted by molar-refractivity contribution is 5.78. The molecule has 0 amide bonds. The van der Waals surface area contributed by atoms with Gasteiger partial charge in [0.1, 0.15) is 5.78 Å². The standard InChI is InChI=1S/C69H136O3/c1-2-3-4-5-6-7-8-9-10-11-12-13-14-15-16-17-18-19-20-21-22-23-24-25-26-27-28-29-30-31-32-33-34-35-36-37-38-39-40-41-42-43-44-47-50-53-56-59-62-65-68(70)66-63-60-57-54-51-48-45-46-49-52-55-58-61-64-67-69(71)72/h2-67H2,1H3,(H,71,72). The predicted octanol–water partition coefficient (Wildman–Crippen LogP) is 25.4. The van der Waals surface area contributed by atoms with Gasteiger partial charge in [0.2, 0.25) is 0 Å². The van der Waals surface area contributed by atoms with Crippen molar-refractivity contribution in [2.45, 2.75) is 431 Å². The van der Waals surface area contributed by atoms with Crippen LogP contribution in [-0.4, -0.2) is 16.9 Å². The fourth-order valence-electron chi connectivity index (χ4n) is 11.5.